The van der Waals surface area contributed by atoms with Crippen molar-refractivity contribution < 1.29 is 4.42 Å². The Bertz CT molecular complexity index is 716. The normalized spacial score (nSPS) is 15.8. The van der Waals surface area contributed by atoms with Crippen LogP contribution in [-0.2, 0) is 6.54 Å². The fraction of sp³-hybridized carbons (Fsp3) is 0.522. The molecular weight excluding hydrogens is 489 g/mol. The first-order chi connectivity index (χ1) is 14.3. The van der Waals surface area contributed by atoms with Gasteiger partial charge in [0.1, 0.15) is 5.76 Å². The van der Waals surface area contributed by atoms with E-state index in [0.717, 1.165) is 57.4 Å². The van der Waals surface area contributed by atoms with E-state index in [-0.39, 0.29) is 30.0 Å². The van der Waals surface area contributed by atoms with Gasteiger partial charge in [-0.05, 0) is 63.6 Å². The highest BCUT2D eigenvalue weighted by Gasteiger charge is 2.25. The average Bonchev–Trinajstić information content (AvgIpc) is 3.45. The van der Waals surface area contributed by atoms with Crippen molar-refractivity contribution >= 4 is 29.9 Å². The van der Waals surface area contributed by atoms with Gasteiger partial charge in [0.25, 0.3) is 0 Å². The summed E-state index contributed by atoms with van der Waals surface area (Å²) in [5, 5.41) is 6.93. The van der Waals surface area contributed by atoms with E-state index in [1.165, 1.54) is 18.4 Å². The van der Waals surface area contributed by atoms with Crippen molar-refractivity contribution in [1.29, 1.82) is 0 Å². The highest BCUT2D eigenvalue weighted by Crippen LogP contribution is 2.24. The fourth-order valence-corrected chi connectivity index (χ4v) is 3.89. The molecule has 6 nitrogen and oxygen atoms in total. The number of hydrogen-bond donors (Lipinski definition) is 2. The third kappa shape index (κ3) is 7.92. The van der Waals surface area contributed by atoms with E-state index in [1.54, 1.807) is 6.26 Å². The summed E-state index contributed by atoms with van der Waals surface area (Å²) in [5.74, 6) is 1.88. The predicted molar refractivity (Wildman–Crippen MR) is 134 cm³/mol. The zero-order valence-corrected chi connectivity index (χ0v) is 20.5. The van der Waals surface area contributed by atoms with Crippen molar-refractivity contribution in [3.8, 4) is 0 Å². The molecular formula is C23H36IN5O. The zero-order valence-electron chi connectivity index (χ0n) is 18.2. The molecule has 30 heavy (non-hydrogen) atoms. The molecule has 2 heterocycles. The van der Waals surface area contributed by atoms with Crippen LogP contribution in [0.25, 0.3) is 0 Å². The number of likely N-dealkylation sites (tertiary alicyclic amines) is 1. The van der Waals surface area contributed by atoms with E-state index in [0.29, 0.717) is 0 Å². The maximum absolute atomic E-state index is 5.70. The highest BCUT2D eigenvalue weighted by atomic mass is 127. The smallest absolute Gasteiger partial charge is 0.191 e. The van der Waals surface area contributed by atoms with Crippen molar-refractivity contribution in [1.82, 2.24) is 20.4 Å². The summed E-state index contributed by atoms with van der Waals surface area (Å²) in [4.78, 5) is 9.24. The van der Waals surface area contributed by atoms with Crippen LogP contribution in [0, 0.1) is 0 Å². The van der Waals surface area contributed by atoms with Gasteiger partial charge in [0.2, 0.25) is 0 Å². The number of aliphatic imine (C=N–C) groups is 1. The van der Waals surface area contributed by atoms with E-state index in [9.17, 15) is 0 Å². The second-order valence-electron chi connectivity index (χ2n) is 7.73. The summed E-state index contributed by atoms with van der Waals surface area (Å²) in [6.45, 7) is 5.98. The van der Waals surface area contributed by atoms with E-state index in [2.05, 4.69) is 68.9 Å². The van der Waals surface area contributed by atoms with Crippen molar-refractivity contribution in [2.24, 2.45) is 4.99 Å². The molecule has 2 N–H and O–H groups in total. The first-order valence-corrected chi connectivity index (χ1v) is 10.7. The Balaban J connectivity index is 0.00000320. The lowest BCUT2D eigenvalue weighted by Crippen LogP contribution is -2.43. The number of benzene rings is 1. The number of halogens is 1. The van der Waals surface area contributed by atoms with Crippen LogP contribution in [0.4, 0.5) is 0 Å². The van der Waals surface area contributed by atoms with E-state index >= 15 is 0 Å². The summed E-state index contributed by atoms with van der Waals surface area (Å²) in [7, 11) is 4.00. The number of hydrogen-bond acceptors (Lipinski definition) is 4. The predicted octanol–water partition coefficient (Wildman–Crippen LogP) is 3.72. The minimum atomic E-state index is 0. The van der Waals surface area contributed by atoms with Crippen molar-refractivity contribution in [3.63, 3.8) is 0 Å². The Morgan fingerprint density at radius 3 is 2.57 bits per heavy atom. The number of guanidine groups is 1. The first-order valence-electron chi connectivity index (χ1n) is 10.7. The van der Waals surface area contributed by atoms with Gasteiger partial charge < -0.3 is 20.0 Å². The molecule has 0 spiro atoms. The van der Waals surface area contributed by atoms with Gasteiger partial charge in [0, 0.05) is 26.7 Å². The van der Waals surface area contributed by atoms with Gasteiger partial charge >= 0.3 is 0 Å². The van der Waals surface area contributed by atoms with Gasteiger partial charge in [-0.25, -0.2) is 0 Å². The Labute approximate surface area is 198 Å². The summed E-state index contributed by atoms with van der Waals surface area (Å²) in [6.07, 6.45) is 5.36. The van der Waals surface area contributed by atoms with Crippen LogP contribution in [0.2, 0.25) is 0 Å². The minimum absolute atomic E-state index is 0. The summed E-state index contributed by atoms with van der Waals surface area (Å²) < 4.78 is 5.70. The lowest BCUT2D eigenvalue weighted by Gasteiger charge is -2.26. The quantitative estimate of drug-likeness (QED) is 0.214. The molecule has 3 rings (SSSR count). The van der Waals surface area contributed by atoms with Crippen LogP contribution < -0.4 is 10.6 Å². The molecule has 1 saturated heterocycles. The zero-order chi connectivity index (χ0) is 20.3. The van der Waals surface area contributed by atoms with Crippen molar-refractivity contribution in [2.45, 2.75) is 31.8 Å². The van der Waals surface area contributed by atoms with Gasteiger partial charge in [-0.1, -0.05) is 30.3 Å². The lowest BCUT2D eigenvalue weighted by molar-refractivity contribution is 0.215. The van der Waals surface area contributed by atoms with Crippen LogP contribution in [0.3, 0.4) is 0 Å². The second kappa shape index (κ2) is 13.7. The first kappa shape index (κ1) is 24.7. The van der Waals surface area contributed by atoms with Crippen molar-refractivity contribution in [3.05, 3.63) is 60.1 Å². The van der Waals surface area contributed by atoms with Crippen LogP contribution in [-0.4, -0.2) is 62.6 Å². The van der Waals surface area contributed by atoms with E-state index in [1.807, 2.05) is 13.1 Å². The third-order valence-electron chi connectivity index (χ3n) is 5.44. The van der Waals surface area contributed by atoms with Crippen molar-refractivity contribution in [2.75, 3.05) is 46.8 Å². The molecule has 0 bridgehead atoms. The molecule has 1 fully saturated rings. The number of nitrogens with zero attached hydrogens (tertiary/aromatic N) is 3. The number of nitrogens with one attached hydrogen (secondary N) is 2. The molecule has 1 unspecified atom stereocenters. The molecule has 1 atom stereocenters. The largest absolute Gasteiger partial charge is 0.468 e. The molecule has 0 amide bonds. The van der Waals surface area contributed by atoms with E-state index in [4.69, 9.17) is 4.42 Å². The Kier molecular flexibility index (Phi) is 11.2. The maximum atomic E-state index is 5.70. The van der Waals surface area contributed by atoms with Gasteiger partial charge in [-0.3, -0.25) is 9.89 Å². The van der Waals surface area contributed by atoms with Crippen LogP contribution >= 0.6 is 24.0 Å². The monoisotopic (exact) mass is 525 g/mol. The second-order valence-corrected chi connectivity index (χ2v) is 7.73. The standard InChI is InChI=1S/C23H35N5O.HI/c1-24-23(25-13-9-14-27(2)19-20-10-4-3-5-11-20)26-18-21(22-12-8-17-29-22)28-15-6-7-16-28;/h3-5,8,10-12,17,21H,6-7,9,13-16,18-19H2,1-2H3,(H2,24,25,26);1H. The third-order valence-corrected chi connectivity index (χ3v) is 5.44. The van der Waals surface area contributed by atoms with Crippen LogP contribution in [0.15, 0.2) is 58.1 Å². The summed E-state index contributed by atoms with van der Waals surface area (Å²) in [5.41, 5.74) is 1.35. The average molecular weight is 525 g/mol. The molecule has 2 aromatic rings. The lowest BCUT2D eigenvalue weighted by atomic mass is 10.2. The SMILES string of the molecule is CN=C(NCCCN(C)Cc1ccccc1)NCC(c1ccco1)N1CCCC1.I. The molecule has 0 saturated carbocycles. The Morgan fingerprint density at radius 1 is 1.13 bits per heavy atom. The number of furan rings is 1. The highest BCUT2D eigenvalue weighted by molar-refractivity contribution is 14.0. The van der Waals surface area contributed by atoms with Gasteiger partial charge in [-0.2, -0.15) is 0 Å². The number of rotatable bonds is 10. The van der Waals surface area contributed by atoms with Crippen LogP contribution in [0.5, 0.6) is 0 Å². The molecule has 0 aliphatic carbocycles. The minimum Gasteiger partial charge on any atom is -0.468 e. The van der Waals surface area contributed by atoms with Gasteiger partial charge in [-0.15, -0.1) is 24.0 Å². The Hall–Kier alpha value is -1.58. The fourth-order valence-electron chi connectivity index (χ4n) is 3.89. The molecule has 1 aromatic heterocycles. The molecule has 166 valence electrons. The molecule has 1 aliphatic rings. The molecule has 7 heteroatoms. The van der Waals surface area contributed by atoms with E-state index < -0.39 is 0 Å². The van der Waals surface area contributed by atoms with Gasteiger partial charge in [0.05, 0.1) is 12.3 Å². The maximum Gasteiger partial charge on any atom is 0.191 e. The molecule has 1 aromatic carbocycles. The Morgan fingerprint density at radius 2 is 1.90 bits per heavy atom. The van der Waals surface area contributed by atoms with Gasteiger partial charge in [0.15, 0.2) is 5.96 Å². The van der Waals surface area contributed by atoms with Crippen LogP contribution in [0.1, 0.15) is 36.6 Å². The topological polar surface area (TPSA) is 56.0 Å². The molecule has 1 aliphatic heterocycles. The summed E-state index contributed by atoms with van der Waals surface area (Å²) >= 11 is 0. The summed E-state index contributed by atoms with van der Waals surface area (Å²) in [6, 6.07) is 14.9. The molecule has 0 radical (unpaired) electrons.